The lowest BCUT2D eigenvalue weighted by Crippen LogP contribution is -2.55. The topological polar surface area (TPSA) is 62.6 Å². The van der Waals surface area contributed by atoms with Crippen molar-refractivity contribution in [2.45, 2.75) is 19.5 Å². The predicted molar refractivity (Wildman–Crippen MR) is 142 cm³/mol. The van der Waals surface area contributed by atoms with Crippen LogP contribution in [0.15, 0.2) is 77.5 Å². The Labute approximate surface area is 213 Å². The Morgan fingerprint density at radius 3 is 2.64 bits per heavy atom. The number of hydrogen-bond acceptors (Lipinski definition) is 4. The minimum Gasteiger partial charge on any atom is -0.334 e. The molecule has 0 bridgehead atoms. The molecule has 1 saturated heterocycles. The molecule has 0 N–H and O–H groups in total. The van der Waals surface area contributed by atoms with Gasteiger partial charge in [-0.25, -0.2) is 12.8 Å². The smallest absolute Gasteiger partial charge is 0.270 e. The summed E-state index contributed by atoms with van der Waals surface area (Å²) in [6.45, 7) is 2.98. The van der Waals surface area contributed by atoms with Gasteiger partial charge in [-0.2, -0.15) is 4.31 Å². The average molecular weight is 524 g/mol. The van der Waals surface area contributed by atoms with Crippen molar-refractivity contribution in [1.82, 2.24) is 13.8 Å². The van der Waals surface area contributed by atoms with Crippen molar-refractivity contribution >= 4 is 43.6 Å². The van der Waals surface area contributed by atoms with Crippen molar-refractivity contribution in [2.24, 2.45) is 0 Å². The van der Waals surface area contributed by atoms with Crippen LogP contribution in [0.25, 0.3) is 16.3 Å². The first-order chi connectivity index (χ1) is 17.3. The number of amides is 1. The summed E-state index contributed by atoms with van der Waals surface area (Å²) in [5.74, 6) is -0.471. The highest BCUT2D eigenvalue weighted by Crippen LogP contribution is 2.28. The first kappa shape index (κ1) is 24.4. The van der Waals surface area contributed by atoms with Crippen LogP contribution in [0.3, 0.4) is 0 Å². The molecule has 5 rings (SSSR count). The maximum absolute atomic E-state index is 13.8. The van der Waals surface area contributed by atoms with Crippen LogP contribution in [-0.4, -0.2) is 53.8 Å². The molecule has 1 atom stereocenters. The van der Waals surface area contributed by atoms with E-state index in [0.29, 0.717) is 18.8 Å². The van der Waals surface area contributed by atoms with Gasteiger partial charge in [-0.1, -0.05) is 42.5 Å². The molecule has 2 aromatic carbocycles. The Kier molecular flexibility index (Phi) is 6.79. The number of fused-ring (bicyclic) bond motifs is 1. The Hall–Kier alpha value is -3.27. The summed E-state index contributed by atoms with van der Waals surface area (Å²) in [4.78, 5) is 16.3. The molecule has 3 heterocycles. The third kappa shape index (κ3) is 5.00. The van der Waals surface area contributed by atoms with Crippen LogP contribution in [0.5, 0.6) is 0 Å². The first-order valence-electron chi connectivity index (χ1n) is 11.7. The summed E-state index contributed by atoms with van der Waals surface area (Å²) >= 11 is 1.53. The number of carbonyl (C=O) groups excluding carboxylic acids is 1. The highest BCUT2D eigenvalue weighted by atomic mass is 32.2. The number of sulfonamides is 1. The number of nitrogens with zero attached hydrogens (tertiary/aromatic N) is 3. The summed E-state index contributed by atoms with van der Waals surface area (Å²) in [7, 11) is -3.63. The molecular formula is C27H26FN3O3S2. The summed E-state index contributed by atoms with van der Waals surface area (Å²) in [5, 5.41) is 4.16. The van der Waals surface area contributed by atoms with Gasteiger partial charge in [0.15, 0.2) is 0 Å². The van der Waals surface area contributed by atoms with E-state index in [1.165, 1.54) is 33.2 Å². The summed E-state index contributed by atoms with van der Waals surface area (Å²) in [6.07, 6.45) is 1.59. The number of piperazine rings is 1. The quantitative estimate of drug-likeness (QED) is 0.356. The van der Waals surface area contributed by atoms with Crippen LogP contribution in [0, 0.1) is 5.82 Å². The Morgan fingerprint density at radius 2 is 1.89 bits per heavy atom. The van der Waals surface area contributed by atoms with Crippen LogP contribution in [0.4, 0.5) is 4.39 Å². The Bertz CT molecular complexity index is 1530. The van der Waals surface area contributed by atoms with E-state index in [0.717, 1.165) is 21.3 Å². The molecule has 36 heavy (non-hydrogen) atoms. The second kappa shape index (κ2) is 10.0. The van der Waals surface area contributed by atoms with Gasteiger partial charge in [-0.3, -0.25) is 4.79 Å². The highest BCUT2D eigenvalue weighted by molar-refractivity contribution is 7.92. The third-order valence-corrected chi connectivity index (χ3v) is 8.99. The number of hydrogen-bond donors (Lipinski definition) is 0. The first-order valence-corrected chi connectivity index (χ1v) is 14.1. The van der Waals surface area contributed by atoms with E-state index in [4.69, 9.17) is 0 Å². The van der Waals surface area contributed by atoms with Gasteiger partial charge in [0.2, 0.25) is 10.0 Å². The Balaban J connectivity index is 1.34. The zero-order valence-electron chi connectivity index (χ0n) is 19.7. The number of rotatable bonds is 6. The van der Waals surface area contributed by atoms with Crippen LogP contribution in [0.1, 0.15) is 28.5 Å². The van der Waals surface area contributed by atoms with Gasteiger partial charge in [-0.15, -0.1) is 11.3 Å². The summed E-state index contributed by atoms with van der Waals surface area (Å²) in [6, 6.07) is 19.1. The molecule has 4 aromatic rings. The van der Waals surface area contributed by atoms with Crippen LogP contribution < -0.4 is 0 Å². The molecule has 6 nitrogen and oxygen atoms in total. The van der Waals surface area contributed by atoms with Crippen molar-refractivity contribution in [3.63, 3.8) is 0 Å². The molecular weight excluding hydrogens is 497 g/mol. The fourth-order valence-corrected chi connectivity index (χ4v) is 6.89. The lowest BCUT2D eigenvalue weighted by molar-refractivity contribution is 0.0634. The summed E-state index contributed by atoms with van der Waals surface area (Å²) in [5.41, 5.74) is 2.10. The van der Waals surface area contributed by atoms with Gasteiger partial charge < -0.3 is 9.47 Å². The van der Waals surface area contributed by atoms with E-state index in [1.807, 2.05) is 65.4 Å². The molecule has 0 radical (unpaired) electrons. The second-order valence-corrected chi connectivity index (χ2v) is 11.6. The van der Waals surface area contributed by atoms with Gasteiger partial charge in [0, 0.05) is 43.0 Å². The lowest BCUT2D eigenvalue weighted by atomic mass is 10.2. The fraction of sp³-hybridized carbons (Fsp3) is 0.222. The van der Waals surface area contributed by atoms with E-state index in [2.05, 4.69) is 0 Å². The normalized spacial score (nSPS) is 17.3. The molecule has 2 aromatic heterocycles. The third-order valence-electron chi connectivity index (χ3n) is 6.36. The molecule has 1 aliphatic heterocycles. The largest absolute Gasteiger partial charge is 0.334 e. The maximum atomic E-state index is 13.8. The second-order valence-electron chi connectivity index (χ2n) is 8.90. The number of benzene rings is 2. The molecule has 0 aliphatic carbocycles. The highest BCUT2D eigenvalue weighted by Gasteiger charge is 2.34. The molecule has 0 spiro atoms. The number of thiophene rings is 1. The molecule has 0 saturated carbocycles. The van der Waals surface area contributed by atoms with Gasteiger partial charge >= 0.3 is 0 Å². The van der Waals surface area contributed by atoms with E-state index >= 15 is 0 Å². The van der Waals surface area contributed by atoms with Crippen LogP contribution in [-0.2, 0) is 16.6 Å². The van der Waals surface area contributed by atoms with Crippen LogP contribution >= 0.6 is 11.3 Å². The molecule has 1 aliphatic rings. The van der Waals surface area contributed by atoms with E-state index in [9.17, 15) is 17.6 Å². The standard InChI is InChI=1S/C27H26FN3O3S2/c1-20-18-29(12-13-31(20)36(33,34)15-11-21-6-3-2-4-7-21)26(32)25-17-23-10-14-35-27(23)30(25)19-22-8-5-9-24(28)16-22/h2-11,14-17,20H,12-13,18-19H2,1H3/b15-11+/t20-/m1/s1. The van der Waals surface area contributed by atoms with Crippen molar-refractivity contribution in [2.75, 3.05) is 19.6 Å². The molecule has 9 heteroatoms. The van der Waals surface area contributed by atoms with E-state index in [1.54, 1.807) is 17.0 Å². The van der Waals surface area contributed by atoms with Crippen LogP contribution in [0.2, 0.25) is 0 Å². The van der Waals surface area contributed by atoms with Gasteiger partial charge in [0.05, 0.1) is 0 Å². The average Bonchev–Trinajstić information content (AvgIpc) is 3.45. The molecule has 1 amide bonds. The van der Waals surface area contributed by atoms with Crippen molar-refractivity contribution < 1.29 is 17.6 Å². The summed E-state index contributed by atoms with van der Waals surface area (Å²) < 4.78 is 43.1. The minimum atomic E-state index is -3.63. The van der Waals surface area contributed by atoms with Gasteiger partial charge in [0.1, 0.15) is 16.3 Å². The Morgan fingerprint density at radius 1 is 1.08 bits per heavy atom. The van der Waals surface area contributed by atoms with Crippen molar-refractivity contribution in [3.8, 4) is 0 Å². The molecule has 0 unspecified atom stereocenters. The number of halogens is 1. The minimum absolute atomic E-state index is 0.154. The van der Waals surface area contributed by atoms with E-state index < -0.39 is 10.0 Å². The lowest BCUT2D eigenvalue weighted by Gasteiger charge is -2.38. The zero-order valence-corrected chi connectivity index (χ0v) is 21.4. The van der Waals surface area contributed by atoms with Gasteiger partial charge in [-0.05, 0) is 53.8 Å². The number of aromatic nitrogens is 1. The van der Waals surface area contributed by atoms with Gasteiger partial charge in [0.25, 0.3) is 5.91 Å². The number of carbonyl (C=O) groups is 1. The van der Waals surface area contributed by atoms with E-state index in [-0.39, 0.29) is 30.9 Å². The molecule has 1 fully saturated rings. The monoisotopic (exact) mass is 523 g/mol. The fourth-order valence-electron chi connectivity index (χ4n) is 4.60. The maximum Gasteiger partial charge on any atom is 0.270 e. The SMILES string of the molecule is C[C@@H]1CN(C(=O)c2cc3ccsc3n2Cc2cccc(F)c2)CCN1S(=O)(=O)/C=C/c1ccccc1. The zero-order chi connectivity index (χ0) is 25.3. The van der Waals surface area contributed by atoms with Crippen molar-refractivity contribution in [1.29, 1.82) is 0 Å². The van der Waals surface area contributed by atoms with Crippen molar-refractivity contribution in [3.05, 3.63) is 100 Å². The molecule has 186 valence electrons. The predicted octanol–water partition coefficient (Wildman–Crippen LogP) is 5.04.